The van der Waals surface area contributed by atoms with E-state index in [1.807, 2.05) is 6.92 Å². The predicted molar refractivity (Wildman–Crippen MR) is 107 cm³/mol. The Morgan fingerprint density at radius 1 is 1.04 bits per heavy atom. The molecule has 2 heterocycles. The Bertz CT molecular complexity index is 854. The van der Waals surface area contributed by atoms with Crippen LogP contribution in [0.15, 0.2) is 24.3 Å². The van der Waals surface area contributed by atoms with E-state index < -0.39 is 0 Å². The van der Waals surface area contributed by atoms with Gasteiger partial charge in [-0.05, 0) is 45.4 Å². The third kappa shape index (κ3) is 4.07. The molecule has 0 aliphatic carbocycles. The van der Waals surface area contributed by atoms with Crippen LogP contribution in [0.2, 0.25) is 0 Å². The third-order valence-corrected chi connectivity index (χ3v) is 5.06. The number of aryl methyl sites for hydroxylation is 2. The molecule has 0 atom stereocenters. The quantitative estimate of drug-likeness (QED) is 0.651. The van der Waals surface area contributed by atoms with Gasteiger partial charge in [-0.1, -0.05) is 13.3 Å². The fourth-order valence-electron chi connectivity index (χ4n) is 2.88. The lowest BCUT2D eigenvalue weighted by Gasteiger charge is -2.21. The van der Waals surface area contributed by atoms with E-state index in [0.717, 1.165) is 53.7 Å². The van der Waals surface area contributed by atoms with Crippen LogP contribution in [0, 0.1) is 6.92 Å². The lowest BCUT2D eigenvalue weighted by atomic mass is 10.2. The van der Waals surface area contributed by atoms with Crippen LogP contribution in [0.4, 0.5) is 17.5 Å². The van der Waals surface area contributed by atoms with Crippen LogP contribution in [0.25, 0.3) is 10.2 Å². The summed E-state index contributed by atoms with van der Waals surface area (Å²) < 4.78 is 1.20. The zero-order chi connectivity index (χ0) is 17.8. The molecule has 25 heavy (non-hydrogen) atoms. The van der Waals surface area contributed by atoms with Gasteiger partial charge in [0.15, 0.2) is 0 Å². The number of anilines is 3. The van der Waals surface area contributed by atoms with Gasteiger partial charge in [-0.3, -0.25) is 0 Å². The van der Waals surface area contributed by atoms with Gasteiger partial charge in [0.25, 0.3) is 0 Å². The monoisotopic (exact) mass is 355 g/mol. The van der Waals surface area contributed by atoms with Gasteiger partial charge in [-0.15, -0.1) is 11.3 Å². The molecule has 1 aromatic carbocycles. The van der Waals surface area contributed by atoms with Crippen LogP contribution in [0.1, 0.15) is 37.9 Å². The molecular formula is C19H25N5S. The Labute approximate surface area is 153 Å². The van der Waals surface area contributed by atoms with Gasteiger partial charge < -0.3 is 10.2 Å². The topological polar surface area (TPSA) is 53.9 Å². The lowest BCUT2D eigenvalue weighted by Crippen LogP contribution is -2.23. The number of benzene rings is 1. The van der Waals surface area contributed by atoms with Crippen molar-refractivity contribution >= 4 is 39.0 Å². The molecule has 6 heteroatoms. The fraction of sp³-hybridized carbons (Fsp3) is 0.421. The van der Waals surface area contributed by atoms with E-state index in [1.165, 1.54) is 4.70 Å². The van der Waals surface area contributed by atoms with Gasteiger partial charge in [0.1, 0.15) is 5.82 Å². The van der Waals surface area contributed by atoms with Crippen molar-refractivity contribution < 1.29 is 0 Å². The third-order valence-electron chi connectivity index (χ3n) is 4.11. The molecule has 2 aromatic heterocycles. The number of hydrogen-bond donors (Lipinski definition) is 1. The molecule has 0 amide bonds. The first-order chi connectivity index (χ1) is 12.1. The Kier molecular flexibility index (Phi) is 5.48. The summed E-state index contributed by atoms with van der Waals surface area (Å²) in [5, 5.41) is 4.44. The molecule has 1 N–H and O–H groups in total. The maximum Gasteiger partial charge on any atom is 0.229 e. The standard InChI is InChI=1S/C19H25N5S/c1-5-8-14-12-18(24(6-2)7-3)23-19(21-14)22-15-9-10-17-16(11-15)20-13(4)25-17/h9-12H,5-8H2,1-4H3,(H,21,22,23). The number of fused-ring (bicyclic) bond motifs is 1. The molecule has 3 rings (SSSR count). The molecule has 132 valence electrons. The molecule has 0 aliphatic rings. The van der Waals surface area contributed by atoms with E-state index in [2.05, 4.69) is 65.2 Å². The number of thiazole rings is 1. The Morgan fingerprint density at radius 2 is 1.84 bits per heavy atom. The van der Waals surface area contributed by atoms with Crippen LogP contribution in [-0.2, 0) is 6.42 Å². The van der Waals surface area contributed by atoms with E-state index in [1.54, 1.807) is 11.3 Å². The van der Waals surface area contributed by atoms with E-state index in [4.69, 9.17) is 4.98 Å². The summed E-state index contributed by atoms with van der Waals surface area (Å²) in [4.78, 5) is 16.2. The zero-order valence-corrected chi connectivity index (χ0v) is 16.2. The smallest absolute Gasteiger partial charge is 0.229 e. The SMILES string of the molecule is CCCc1cc(N(CC)CC)nc(Nc2ccc3sc(C)nc3c2)n1. The molecule has 0 unspecified atom stereocenters. The maximum atomic E-state index is 4.72. The molecule has 0 aliphatic heterocycles. The van der Waals surface area contributed by atoms with Crippen LogP contribution in [0.5, 0.6) is 0 Å². The van der Waals surface area contributed by atoms with Gasteiger partial charge in [-0.25, -0.2) is 9.97 Å². The summed E-state index contributed by atoms with van der Waals surface area (Å²) >= 11 is 1.71. The average Bonchev–Trinajstić information content (AvgIpc) is 2.95. The summed E-state index contributed by atoms with van der Waals surface area (Å²) in [6.07, 6.45) is 2.02. The van der Waals surface area contributed by atoms with E-state index in [0.29, 0.717) is 5.95 Å². The highest BCUT2D eigenvalue weighted by Gasteiger charge is 2.10. The Hall–Kier alpha value is -2.21. The number of hydrogen-bond acceptors (Lipinski definition) is 6. The van der Waals surface area contributed by atoms with E-state index in [9.17, 15) is 0 Å². The van der Waals surface area contributed by atoms with Crippen molar-refractivity contribution in [2.24, 2.45) is 0 Å². The molecular weight excluding hydrogens is 330 g/mol. The summed E-state index contributed by atoms with van der Waals surface area (Å²) in [7, 11) is 0. The average molecular weight is 356 g/mol. The second-order valence-corrected chi connectivity index (χ2v) is 7.24. The second kappa shape index (κ2) is 7.78. The number of nitrogens with zero attached hydrogens (tertiary/aromatic N) is 4. The van der Waals surface area contributed by atoms with Gasteiger partial charge in [-0.2, -0.15) is 4.98 Å². The van der Waals surface area contributed by atoms with Gasteiger partial charge in [0, 0.05) is 30.5 Å². The van der Waals surface area contributed by atoms with Crippen LogP contribution >= 0.6 is 11.3 Å². The zero-order valence-electron chi connectivity index (χ0n) is 15.3. The highest BCUT2D eigenvalue weighted by Crippen LogP contribution is 2.26. The van der Waals surface area contributed by atoms with Crippen molar-refractivity contribution in [2.45, 2.75) is 40.5 Å². The predicted octanol–water partition coefficient (Wildman–Crippen LogP) is 4.94. The van der Waals surface area contributed by atoms with Crippen molar-refractivity contribution in [2.75, 3.05) is 23.3 Å². The van der Waals surface area contributed by atoms with E-state index >= 15 is 0 Å². The van der Waals surface area contributed by atoms with Gasteiger partial charge >= 0.3 is 0 Å². The molecule has 0 fully saturated rings. The van der Waals surface area contributed by atoms with Crippen molar-refractivity contribution in [1.82, 2.24) is 15.0 Å². The Morgan fingerprint density at radius 3 is 2.56 bits per heavy atom. The van der Waals surface area contributed by atoms with Crippen molar-refractivity contribution in [3.63, 3.8) is 0 Å². The summed E-state index contributed by atoms with van der Waals surface area (Å²) in [6.45, 7) is 10.4. The fourth-order valence-corrected chi connectivity index (χ4v) is 3.69. The lowest BCUT2D eigenvalue weighted by molar-refractivity contribution is 0.824. The first kappa shape index (κ1) is 17.6. The number of rotatable bonds is 7. The molecule has 0 saturated heterocycles. The first-order valence-electron chi connectivity index (χ1n) is 8.90. The first-order valence-corrected chi connectivity index (χ1v) is 9.71. The largest absolute Gasteiger partial charge is 0.357 e. The highest BCUT2D eigenvalue weighted by atomic mass is 32.1. The molecule has 0 spiro atoms. The maximum absolute atomic E-state index is 4.72. The minimum atomic E-state index is 0.652. The van der Waals surface area contributed by atoms with Crippen molar-refractivity contribution in [3.8, 4) is 0 Å². The minimum Gasteiger partial charge on any atom is -0.357 e. The van der Waals surface area contributed by atoms with E-state index in [-0.39, 0.29) is 0 Å². The number of nitrogens with one attached hydrogen (secondary N) is 1. The highest BCUT2D eigenvalue weighted by molar-refractivity contribution is 7.18. The summed E-state index contributed by atoms with van der Waals surface area (Å²) in [6, 6.07) is 8.33. The van der Waals surface area contributed by atoms with Crippen LogP contribution in [-0.4, -0.2) is 28.0 Å². The molecule has 0 radical (unpaired) electrons. The Balaban J connectivity index is 1.93. The van der Waals surface area contributed by atoms with Crippen molar-refractivity contribution in [3.05, 3.63) is 35.0 Å². The molecule has 0 saturated carbocycles. The molecule has 5 nitrogen and oxygen atoms in total. The molecule has 0 bridgehead atoms. The number of aromatic nitrogens is 3. The van der Waals surface area contributed by atoms with Crippen LogP contribution in [0.3, 0.4) is 0 Å². The van der Waals surface area contributed by atoms with Crippen molar-refractivity contribution in [1.29, 1.82) is 0 Å². The molecule has 3 aromatic rings. The van der Waals surface area contributed by atoms with Crippen LogP contribution < -0.4 is 10.2 Å². The van der Waals surface area contributed by atoms with Gasteiger partial charge in [0.05, 0.1) is 15.2 Å². The summed E-state index contributed by atoms with van der Waals surface area (Å²) in [5.74, 6) is 1.63. The van der Waals surface area contributed by atoms with Gasteiger partial charge in [0.2, 0.25) is 5.95 Å². The second-order valence-electron chi connectivity index (χ2n) is 6.00. The minimum absolute atomic E-state index is 0.652. The summed E-state index contributed by atoms with van der Waals surface area (Å²) in [5.41, 5.74) is 3.06. The normalized spacial score (nSPS) is 11.0.